The van der Waals surface area contributed by atoms with Gasteiger partial charge in [-0.15, -0.1) is 0 Å². The first-order valence-electron chi connectivity index (χ1n) is 11.4. The van der Waals surface area contributed by atoms with Gasteiger partial charge in [0, 0.05) is 29.1 Å². The average molecular weight is 519 g/mol. The van der Waals surface area contributed by atoms with E-state index in [1.807, 2.05) is 32.0 Å². The molecule has 0 saturated carbocycles. The van der Waals surface area contributed by atoms with Crippen LogP contribution in [0.25, 0.3) is 11.3 Å². The molecule has 2 aromatic carbocycles. The van der Waals surface area contributed by atoms with Gasteiger partial charge in [-0.2, -0.15) is 5.10 Å². The summed E-state index contributed by atoms with van der Waals surface area (Å²) >= 11 is 0. The lowest BCUT2D eigenvalue weighted by molar-refractivity contribution is -0.117. The summed E-state index contributed by atoms with van der Waals surface area (Å²) in [5.74, 6) is 0.140. The van der Waals surface area contributed by atoms with Crippen molar-refractivity contribution in [3.05, 3.63) is 93.7 Å². The molecule has 4 aromatic rings. The highest BCUT2D eigenvalue weighted by atomic mass is 32.2. The van der Waals surface area contributed by atoms with Crippen LogP contribution in [0.4, 0.5) is 11.5 Å². The summed E-state index contributed by atoms with van der Waals surface area (Å²) in [6.07, 6.45) is 0. The zero-order valence-electron chi connectivity index (χ0n) is 20.8. The lowest BCUT2D eigenvalue weighted by atomic mass is 10.0. The minimum atomic E-state index is -3.89. The Morgan fingerprint density at radius 1 is 0.919 bits per heavy atom. The number of nitrogens with one attached hydrogen (secondary N) is 2. The fourth-order valence-corrected chi connectivity index (χ4v) is 4.73. The van der Waals surface area contributed by atoms with E-state index in [0.29, 0.717) is 22.9 Å². The summed E-state index contributed by atoms with van der Waals surface area (Å²) in [6.45, 7) is 7.04. The van der Waals surface area contributed by atoms with E-state index in [1.54, 1.807) is 19.9 Å². The molecule has 0 atom stereocenters. The SMILES string of the molecule is Cc1ccc(C)c(-c2ccc(=O)n(CC(=O)Nc3ccc(S(=O)(=O)Nc4cc(C)nc(C)n4)cc3)n2)c1. The van der Waals surface area contributed by atoms with Gasteiger partial charge >= 0.3 is 0 Å². The second-order valence-electron chi connectivity index (χ2n) is 8.65. The van der Waals surface area contributed by atoms with Gasteiger partial charge in [-0.3, -0.25) is 14.3 Å². The summed E-state index contributed by atoms with van der Waals surface area (Å²) in [4.78, 5) is 33.2. The number of sulfonamides is 1. The minimum Gasteiger partial charge on any atom is -0.324 e. The van der Waals surface area contributed by atoms with Gasteiger partial charge in [0.15, 0.2) is 0 Å². The number of hydrogen-bond donors (Lipinski definition) is 2. The molecule has 0 saturated heterocycles. The zero-order valence-corrected chi connectivity index (χ0v) is 21.6. The Balaban J connectivity index is 1.46. The van der Waals surface area contributed by atoms with Crippen LogP contribution in [-0.4, -0.2) is 34.1 Å². The first kappa shape index (κ1) is 25.7. The molecule has 10 nitrogen and oxygen atoms in total. The highest BCUT2D eigenvalue weighted by Gasteiger charge is 2.16. The van der Waals surface area contributed by atoms with E-state index in [0.717, 1.165) is 21.4 Å². The van der Waals surface area contributed by atoms with Gasteiger partial charge < -0.3 is 5.32 Å². The topological polar surface area (TPSA) is 136 Å². The maximum atomic E-state index is 12.7. The molecule has 2 heterocycles. The van der Waals surface area contributed by atoms with E-state index in [2.05, 4.69) is 25.1 Å². The van der Waals surface area contributed by atoms with Crippen LogP contribution < -0.4 is 15.6 Å². The number of hydrogen-bond acceptors (Lipinski definition) is 7. The third kappa shape index (κ3) is 6.25. The van der Waals surface area contributed by atoms with E-state index in [-0.39, 0.29) is 17.3 Å². The number of anilines is 2. The van der Waals surface area contributed by atoms with Crippen LogP contribution in [-0.2, 0) is 21.4 Å². The summed E-state index contributed by atoms with van der Waals surface area (Å²) < 4.78 is 29.0. The van der Waals surface area contributed by atoms with Crippen molar-refractivity contribution in [1.29, 1.82) is 0 Å². The van der Waals surface area contributed by atoms with Crippen LogP contribution in [0.15, 0.2) is 70.4 Å². The highest BCUT2D eigenvalue weighted by Crippen LogP contribution is 2.22. The lowest BCUT2D eigenvalue weighted by Crippen LogP contribution is -2.29. The first-order chi connectivity index (χ1) is 17.5. The number of aromatic nitrogens is 4. The Labute approximate surface area is 214 Å². The number of carbonyl (C=O) groups is 1. The Bertz CT molecular complexity index is 1630. The largest absolute Gasteiger partial charge is 0.324 e. The third-order valence-electron chi connectivity index (χ3n) is 5.48. The normalized spacial score (nSPS) is 11.2. The number of rotatable bonds is 7. The Hall–Kier alpha value is -4.38. The molecule has 37 heavy (non-hydrogen) atoms. The molecule has 0 aliphatic carbocycles. The van der Waals surface area contributed by atoms with Crippen molar-refractivity contribution < 1.29 is 13.2 Å². The summed E-state index contributed by atoms with van der Waals surface area (Å²) in [6, 6.07) is 16.2. The molecular formula is C26H26N6O4S. The van der Waals surface area contributed by atoms with Crippen molar-refractivity contribution in [2.45, 2.75) is 39.1 Å². The smallest absolute Gasteiger partial charge is 0.267 e. The van der Waals surface area contributed by atoms with E-state index in [1.165, 1.54) is 36.4 Å². The molecule has 0 fully saturated rings. The molecule has 0 radical (unpaired) electrons. The number of nitrogens with zero attached hydrogens (tertiary/aromatic N) is 4. The van der Waals surface area contributed by atoms with Crippen molar-refractivity contribution in [3.8, 4) is 11.3 Å². The first-order valence-corrected chi connectivity index (χ1v) is 12.9. The van der Waals surface area contributed by atoms with Gasteiger partial charge in [-0.05, 0) is 69.7 Å². The summed E-state index contributed by atoms with van der Waals surface area (Å²) in [5.41, 5.74) is 4.12. The van der Waals surface area contributed by atoms with Crippen LogP contribution in [0.5, 0.6) is 0 Å². The van der Waals surface area contributed by atoms with E-state index < -0.39 is 21.5 Å². The molecule has 0 unspecified atom stereocenters. The quantitative estimate of drug-likeness (QED) is 0.383. The van der Waals surface area contributed by atoms with E-state index in [9.17, 15) is 18.0 Å². The Morgan fingerprint density at radius 3 is 2.35 bits per heavy atom. The molecule has 11 heteroatoms. The van der Waals surface area contributed by atoms with Crippen molar-refractivity contribution in [1.82, 2.24) is 19.7 Å². The fourth-order valence-electron chi connectivity index (χ4n) is 3.74. The molecule has 190 valence electrons. The van der Waals surface area contributed by atoms with Gasteiger partial charge in [0.2, 0.25) is 5.91 Å². The standard InChI is InChI=1S/C26H26N6O4S/c1-16-5-6-17(2)22(13-16)23-11-12-26(34)32(30-23)15-25(33)29-20-7-9-21(10-8-20)37(35,36)31-24-14-18(3)27-19(4)28-24/h5-14H,15H2,1-4H3,(H,29,33)(H,27,28,31). The van der Waals surface area contributed by atoms with Crippen LogP contribution in [0.1, 0.15) is 22.6 Å². The Kier molecular flexibility index (Phi) is 7.16. The molecule has 1 amide bonds. The predicted octanol–water partition coefficient (Wildman–Crippen LogP) is 3.37. The van der Waals surface area contributed by atoms with Gasteiger partial charge in [-0.1, -0.05) is 17.7 Å². The van der Waals surface area contributed by atoms with Crippen molar-refractivity contribution in [2.24, 2.45) is 0 Å². The fraction of sp³-hybridized carbons (Fsp3) is 0.192. The molecule has 4 rings (SSSR count). The van der Waals surface area contributed by atoms with Crippen molar-refractivity contribution >= 4 is 27.4 Å². The van der Waals surface area contributed by atoms with Gasteiger partial charge in [-0.25, -0.2) is 23.1 Å². The highest BCUT2D eigenvalue weighted by molar-refractivity contribution is 7.92. The van der Waals surface area contributed by atoms with Gasteiger partial charge in [0.25, 0.3) is 15.6 Å². The molecule has 0 spiro atoms. The molecule has 0 aliphatic rings. The summed E-state index contributed by atoms with van der Waals surface area (Å²) in [7, 11) is -3.89. The van der Waals surface area contributed by atoms with Crippen LogP contribution >= 0.6 is 0 Å². The van der Waals surface area contributed by atoms with Gasteiger partial charge in [0.05, 0.1) is 10.6 Å². The minimum absolute atomic E-state index is 0.00136. The summed E-state index contributed by atoms with van der Waals surface area (Å²) in [5, 5.41) is 7.04. The second kappa shape index (κ2) is 10.3. The van der Waals surface area contributed by atoms with Crippen LogP contribution in [0, 0.1) is 27.7 Å². The molecule has 2 aromatic heterocycles. The molecule has 0 aliphatic heterocycles. The monoisotopic (exact) mass is 518 g/mol. The van der Waals surface area contributed by atoms with Gasteiger partial charge in [0.1, 0.15) is 18.2 Å². The number of carbonyl (C=O) groups excluding carboxylic acids is 1. The van der Waals surface area contributed by atoms with Crippen LogP contribution in [0.3, 0.4) is 0 Å². The second-order valence-corrected chi connectivity index (χ2v) is 10.3. The average Bonchev–Trinajstić information content (AvgIpc) is 2.81. The van der Waals surface area contributed by atoms with E-state index in [4.69, 9.17) is 0 Å². The van der Waals surface area contributed by atoms with Crippen molar-refractivity contribution in [3.63, 3.8) is 0 Å². The Morgan fingerprint density at radius 2 is 1.65 bits per heavy atom. The molecular weight excluding hydrogens is 492 g/mol. The number of aryl methyl sites for hydroxylation is 4. The predicted molar refractivity (Wildman–Crippen MR) is 141 cm³/mol. The maximum Gasteiger partial charge on any atom is 0.267 e. The number of amides is 1. The van der Waals surface area contributed by atoms with Crippen LogP contribution in [0.2, 0.25) is 0 Å². The van der Waals surface area contributed by atoms with Crippen molar-refractivity contribution in [2.75, 3.05) is 10.0 Å². The molecule has 0 bridgehead atoms. The van der Waals surface area contributed by atoms with E-state index >= 15 is 0 Å². The molecule has 2 N–H and O–H groups in total. The lowest BCUT2D eigenvalue weighted by Gasteiger charge is -2.11. The third-order valence-corrected chi connectivity index (χ3v) is 6.85. The zero-order chi connectivity index (χ0) is 26.7. The number of benzene rings is 2. The maximum absolute atomic E-state index is 12.7.